The molecule has 9 aromatic rings. The zero-order valence-electron chi connectivity index (χ0n) is 21.2. The van der Waals surface area contributed by atoms with E-state index < -0.39 is 0 Å². The fraction of sp³-hybridized carbons (Fsp3) is 0. The van der Waals surface area contributed by atoms with Gasteiger partial charge in [0.15, 0.2) is 5.82 Å². The van der Waals surface area contributed by atoms with E-state index in [2.05, 4.69) is 89.5 Å². The predicted octanol–water partition coefficient (Wildman–Crippen LogP) is 9.31. The summed E-state index contributed by atoms with van der Waals surface area (Å²) in [6, 6.07) is 40.2. The molecule has 0 fully saturated rings. The van der Waals surface area contributed by atoms with Gasteiger partial charge in [-0.15, -0.1) is 11.3 Å². The molecule has 186 valence electrons. The van der Waals surface area contributed by atoms with E-state index in [1.54, 1.807) is 0 Å². The van der Waals surface area contributed by atoms with Crippen molar-refractivity contribution in [3.8, 4) is 17.2 Å². The lowest BCUT2D eigenvalue weighted by Crippen LogP contribution is -2.03. The quantitative estimate of drug-likeness (QED) is 0.225. The number of rotatable bonds is 2. The lowest BCUT2D eigenvalue weighted by atomic mass is 10.0. The van der Waals surface area contributed by atoms with Crippen LogP contribution in [0.5, 0.6) is 0 Å². The van der Waals surface area contributed by atoms with Gasteiger partial charge in [-0.3, -0.25) is 9.55 Å². The summed E-state index contributed by atoms with van der Waals surface area (Å²) in [6.07, 6.45) is 1.90. The third-order valence-corrected chi connectivity index (χ3v) is 9.00. The number of fused-ring (bicyclic) bond motifs is 11. The average molecular weight is 529 g/mol. The molecular weight excluding hydrogens is 508 g/mol. The van der Waals surface area contributed by atoms with Crippen LogP contribution < -0.4 is 0 Å². The second kappa shape index (κ2) is 8.18. The Morgan fingerprint density at radius 2 is 1.30 bits per heavy atom. The zero-order valence-corrected chi connectivity index (χ0v) is 22.1. The number of para-hydroxylation sites is 2. The molecule has 0 N–H and O–H groups in total. The molecule has 0 saturated carbocycles. The molecule has 0 aliphatic carbocycles. The molecule has 0 spiro atoms. The molecule has 5 aromatic carbocycles. The van der Waals surface area contributed by atoms with Gasteiger partial charge in [0.1, 0.15) is 5.82 Å². The smallest absolute Gasteiger partial charge is 0.162 e. The maximum Gasteiger partial charge on any atom is 0.162 e. The maximum atomic E-state index is 5.30. The van der Waals surface area contributed by atoms with Crippen molar-refractivity contribution in [1.82, 2.24) is 19.5 Å². The van der Waals surface area contributed by atoms with Crippen LogP contribution in [-0.4, -0.2) is 19.5 Å². The molecule has 0 unspecified atom stereocenters. The number of nitrogens with zero attached hydrogens (tertiary/aromatic N) is 4. The summed E-state index contributed by atoms with van der Waals surface area (Å²) in [6.45, 7) is 0. The summed E-state index contributed by atoms with van der Waals surface area (Å²) < 4.78 is 4.83. The van der Waals surface area contributed by atoms with Crippen molar-refractivity contribution in [3.63, 3.8) is 0 Å². The first kappa shape index (κ1) is 21.8. The molecule has 4 heterocycles. The highest BCUT2D eigenvalue weighted by atomic mass is 32.1. The standard InChI is InChI=1S/C35H20N4S/c1-2-11-21(12-3-1)34-37-26-17-7-4-13-22(26)35(38-34)39-27-18-8-5-14-23(27)29-25-16-10-20-36-31(25)33-30(32(29)39)24-15-6-9-19-28(24)40-33/h1-20H. The molecule has 0 saturated heterocycles. The first-order valence-corrected chi connectivity index (χ1v) is 14.1. The van der Waals surface area contributed by atoms with E-state index in [0.717, 1.165) is 44.2 Å². The molecule has 4 aromatic heterocycles. The number of aromatic nitrogens is 4. The van der Waals surface area contributed by atoms with Crippen LogP contribution in [0.15, 0.2) is 121 Å². The minimum Gasteiger partial charge on any atom is -0.292 e. The van der Waals surface area contributed by atoms with Crippen LogP contribution in [0, 0.1) is 0 Å². The van der Waals surface area contributed by atoms with E-state index in [0.29, 0.717) is 5.82 Å². The van der Waals surface area contributed by atoms with Gasteiger partial charge < -0.3 is 0 Å². The molecule has 4 nitrogen and oxygen atoms in total. The molecule has 0 bridgehead atoms. The number of hydrogen-bond donors (Lipinski definition) is 0. The average Bonchev–Trinajstić information content (AvgIpc) is 3.58. The van der Waals surface area contributed by atoms with E-state index in [1.165, 1.54) is 30.9 Å². The molecule has 0 atom stereocenters. The Labute approximate surface area is 232 Å². The van der Waals surface area contributed by atoms with Crippen LogP contribution >= 0.6 is 11.3 Å². The molecule has 0 radical (unpaired) electrons. The minimum atomic E-state index is 0.717. The van der Waals surface area contributed by atoms with Crippen molar-refractivity contribution in [2.75, 3.05) is 0 Å². The Balaban J connectivity index is 1.58. The maximum absolute atomic E-state index is 5.30. The first-order valence-electron chi connectivity index (χ1n) is 13.3. The molecule has 0 aliphatic heterocycles. The number of thiophene rings is 1. The van der Waals surface area contributed by atoms with Crippen molar-refractivity contribution in [3.05, 3.63) is 121 Å². The molecule has 9 rings (SSSR count). The van der Waals surface area contributed by atoms with Crippen molar-refractivity contribution in [2.24, 2.45) is 0 Å². The highest BCUT2D eigenvalue weighted by Gasteiger charge is 2.24. The summed E-state index contributed by atoms with van der Waals surface area (Å²) in [5.74, 6) is 1.60. The normalized spacial score (nSPS) is 12.0. The van der Waals surface area contributed by atoms with Gasteiger partial charge in [0.05, 0.1) is 26.8 Å². The van der Waals surface area contributed by atoms with Crippen molar-refractivity contribution in [2.45, 2.75) is 0 Å². The van der Waals surface area contributed by atoms with Gasteiger partial charge in [-0.2, -0.15) is 0 Å². The van der Waals surface area contributed by atoms with Gasteiger partial charge in [-0.25, -0.2) is 9.97 Å². The van der Waals surface area contributed by atoms with Crippen LogP contribution in [0.25, 0.3) is 81.0 Å². The molecule has 0 amide bonds. The van der Waals surface area contributed by atoms with Crippen molar-refractivity contribution < 1.29 is 0 Å². The van der Waals surface area contributed by atoms with E-state index in [-0.39, 0.29) is 0 Å². The van der Waals surface area contributed by atoms with Crippen LogP contribution in [0.1, 0.15) is 0 Å². The van der Waals surface area contributed by atoms with E-state index >= 15 is 0 Å². The summed E-state index contributed by atoms with van der Waals surface area (Å²) in [7, 11) is 0. The fourth-order valence-electron chi connectivity index (χ4n) is 6.15. The predicted molar refractivity (Wildman–Crippen MR) is 168 cm³/mol. The van der Waals surface area contributed by atoms with Crippen LogP contribution in [-0.2, 0) is 0 Å². The Bertz CT molecular complexity index is 2440. The van der Waals surface area contributed by atoms with Crippen LogP contribution in [0.4, 0.5) is 0 Å². The summed E-state index contributed by atoms with van der Waals surface area (Å²) in [4.78, 5) is 15.2. The summed E-state index contributed by atoms with van der Waals surface area (Å²) >= 11 is 1.81. The van der Waals surface area contributed by atoms with Crippen LogP contribution in [0.3, 0.4) is 0 Å². The van der Waals surface area contributed by atoms with Crippen molar-refractivity contribution >= 4 is 75.1 Å². The van der Waals surface area contributed by atoms with E-state index in [1.807, 2.05) is 47.9 Å². The molecule has 0 aliphatic rings. The highest BCUT2D eigenvalue weighted by molar-refractivity contribution is 7.26. The Morgan fingerprint density at radius 3 is 2.20 bits per heavy atom. The number of benzene rings is 5. The topological polar surface area (TPSA) is 43.6 Å². The van der Waals surface area contributed by atoms with Gasteiger partial charge in [-0.1, -0.05) is 84.9 Å². The second-order valence-electron chi connectivity index (χ2n) is 10.0. The third kappa shape index (κ3) is 2.92. The summed E-state index contributed by atoms with van der Waals surface area (Å²) in [5.41, 5.74) is 5.25. The lowest BCUT2D eigenvalue weighted by Gasteiger charge is -2.13. The summed E-state index contributed by atoms with van der Waals surface area (Å²) in [5, 5.41) is 7.04. The van der Waals surface area contributed by atoms with Gasteiger partial charge in [0.2, 0.25) is 0 Å². The second-order valence-corrected chi connectivity index (χ2v) is 11.1. The lowest BCUT2D eigenvalue weighted by molar-refractivity contribution is 1.08. The van der Waals surface area contributed by atoms with Gasteiger partial charge in [-0.05, 0) is 30.3 Å². The Hall–Kier alpha value is -5.13. The number of hydrogen-bond acceptors (Lipinski definition) is 4. The number of pyridine rings is 1. The van der Waals surface area contributed by atoms with Gasteiger partial charge >= 0.3 is 0 Å². The van der Waals surface area contributed by atoms with Crippen LogP contribution in [0.2, 0.25) is 0 Å². The van der Waals surface area contributed by atoms with E-state index in [4.69, 9.17) is 15.0 Å². The zero-order chi connectivity index (χ0) is 26.2. The minimum absolute atomic E-state index is 0.717. The fourth-order valence-corrected chi connectivity index (χ4v) is 7.37. The largest absolute Gasteiger partial charge is 0.292 e. The van der Waals surface area contributed by atoms with Gasteiger partial charge in [0, 0.05) is 48.8 Å². The Kier molecular flexibility index (Phi) is 4.45. The van der Waals surface area contributed by atoms with Crippen molar-refractivity contribution in [1.29, 1.82) is 0 Å². The van der Waals surface area contributed by atoms with Gasteiger partial charge in [0.25, 0.3) is 0 Å². The van der Waals surface area contributed by atoms with E-state index in [9.17, 15) is 0 Å². The Morgan fingerprint density at radius 1 is 0.575 bits per heavy atom. The molecular formula is C35H20N4S. The third-order valence-electron chi connectivity index (χ3n) is 7.83. The SMILES string of the molecule is c1ccc(-c2nc(-n3c4ccccc4c4c5cccnc5c5sc6ccccc6c5c43)c3ccccc3n2)cc1. The molecule has 40 heavy (non-hydrogen) atoms. The molecule has 5 heteroatoms. The highest BCUT2D eigenvalue weighted by Crippen LogP contribution is 2.47. The monoisotopic (exact) mass is 528 g/mol. The first-order chi connectivity index (χ1) is 19.9.